The van der Waals surface area contributed by atoms with Gasteiger partial charge in [0, 0.05) is 36.8 Å². The molecule has 0 aromatic heterocycles. The number of aliphatic hydroxyl groups excluding tert-OH is 1. The monoisotopic (exact) mass is 384 g/mol. The fourth-order valence-electron chi connectivity index (χ4n) is 2.54. The highest BCUT2D eigenvalue weighted by molar-refractivity contribution is 9.10. The lowest BCUT2D eigenvalue weighted by molar-refractivity contribution is -0.126. The molecule has 1 saturated heterocycles. The number of carbonyl (C=O) groups is 2. The number of halogens is 1. The summed E-state index contributed by atoms with van der Waals surface area (Å²) in [6.07, 6.45) is -0.562. The summed E-state index contributed by atoms with van der Waals surface area (Å²) in [5.74, 6) is -0.685. The minimum Gasteiger partial charge on any atom is -0.389 e. The molecule has 1 aromatic rings. The highest BCUT2D eigenvalue weighted by Crippen LogP contribution is 2.28. The summed E-state index contributed by atoms with van der Waals surface area (Å²) in [5, 5.41) is 12.2. The van der Waals surface area contributed by atoms with E-state index in [1.807, 2.05) is 25.1 Å². The van der Waals surface area contributed by atoms with E-state index in [-0.39, 0.29) is 31.4 Å². The molecule has 2 atom stereocenters. The highest BCUT2D eigenvalue weighted by Gasteiger charge is 2.35. The summed E-state index contributed by atoms with van der Waals surface area (Å²) in [5.41, 5.74) is 1.83. The molecule has 1 aliphatic heterocycles. The molecular formula is C16H21BrN2O4. The topological polar surface area (TPSA) is 78.9 Å². The number of rotatable bonds is 6. The van der Waals surface area contributed by atoms with E-state index in [0.717, 1.165) is 15.7 Å². The van der Waals surface area contributed by atoms with E-state index in [2.05, 4.69) is 21.2 Å². The second-order valence-electron chi connectivity index (χ2n) is 5.69. The first kappa shape index (κ1) is 17.9. The van der Waals surface area contributed by atoms with Gasteiger partial charge in [-0.1, -0.05) is 15.9 Å². The van der Waals surface area contributed by atoms with E-state index < -0.39 is 12.0 Å². The molecule has 7 heteroatoms. The van der Waals surface area contributed by atoms with E-state index in [1.54, 1.807) is 4.90 Å². The Bertz CT molecular complexity index is 593. The summed E-state index contributed by atoms with van der Waals surface area (Å²) in [4.78, 5) is 26.0. The SMILES string of the molecule is COC[C@H](O)CNC(=O)[C@@H]1CC(=O)N(c2ccc(Br)c(C)c2)C1. The molecule has 2 amide bonds. The van der Waals surface area contributed by atoms with E-state index in [0.29, 0.717) is 6.54 Å². The van der Waals surface area contributed by atoms with Gasteiger partial charge in [-0.05, 0) is 30.7 Å². The van der Waals surface area contributed by atoms with Crippen molar-refractivity contribution >= 4 is 33.4 Å². The normalized spacial score (nSPS) is 19.0. The number of hydrogen-bond acceptors (Lipinski definition) is 4. The number of aryl methyl sites for hydroxylation is 1. The van der Waals surface area contributed by atoms with E-state index in [9.17, 15) is 14.7 Å². The number of methoxy groups -OCH3 is 1. The molecule has 0 radical (unpaired) electrons. The predicted molar refractivity (Wildman–Crippen MR) is 90.2 cm³/mol. The zero-order valence-electron chi connectivity index (χ0n) is 13.2. The molecule has 1 aliphatic rings. The molecule has 2 rings (SSSR count). The van der Waals surface area contributed by atoms with Crippen molar-refractivity contribution in [3.05, 3.63) is 28.2 Å². The van der Waals surface area contributed by atoms with Crippen molar-refractivity contribution < 1.29 is 19.4 Å². The quantitative estimate of drug-likeness (QED) is 0.772. The van der Waals surface area contributed by atoms with Gasteiger partial charge in [0.05, 0.1) is 18.6 Å². The van der Waals surface area contributed by atoms with Crippen LogP contribution in [0.4, 0.5) is 5.69 Å². The average molecular weight is 385 g/mol. The number of aliphatic hydroxyl groups is 1. The van der Waals surface area contributed by atoms with Crippen molar-refractivity contribution in [3.63, 3.8) is 0 Å². The van der Waals surface area contributed by atoms with Crippen molar-refractivity contribution in [2.75, 3.05) is 31.7 Å². The minimum absolute atomic E-state index is 0.0655. The average Bonchev–Trinajstić information content (AvgIpc) is 2.90. The van der Waals surface area contributed by atoms with Gasteiger partial charge in [-0.3, -0.25) is 9.59 Å². The van der Waals surface area contributed by atoms with Crippen LogP contribution in [0.15, 0.2) is 22.7 Å². The molecule has 1 fully saturated rings. The molecule has 1 aromatic carbocycles. The minimum atomic E-state index is -0.744. The van der Waals surface area contributed by atoms with Gasteiger partial charge in [0.2, 0.25) is 11.8 Å². The van der Waals surface area contributed by atoms with E-state index in [4.69, 9.17) is 4.74 Å². The maximum Gasteiger partial charge on any atom is 0.227 e. The number of carbonyl (C=O) groups excluding carboxylic acids is 2. The summed E-state index contributed by atoms with van der Waals surface area (Å²) < 4.78 is 5.79. The second kappa shape index (κ2) is 7.90. The molecule has 2 N–H and O–H groups in total. The summed E-state index contributed by atoms with van der Waals surface area (Å²) in [6, 6.07) is 5.68. The van der Waals surface area contributed by atoms with Crippen molar-refractivity contribution in [2.45, 2.75) is 19.4 Å². The summed E-state index contributed by atoms with van der Waals surface area (Å²) in [6.45, 7) is 2.59. The molecule has 1 heterocycles. The van der Waals surface area contributed by atoms with Crippen LogP contribution in [0, 0.1) is 12.8 Å². The number of hydrogen-bond donors (Lipinski definition) is 2. The summed E-state index contributed by atoms with van der Waals surface area (Å²) in [7, 11) is 1.48. The molecule has 23 heavy (non-hydrogen) atoms. The molecule has 0 saturated carbocycles. The van der Waals surface area contributed by atoms with E-state index in [1.165, 1.54) is 7.11 Å². The second-order valence-corrected chi connectivity index (χ2v) is 6.55. The third kappa shape index (κ3) is 4.53. The standard InChI is InChI=1S/C16H21BrN2O4/c1-10-5-12(3-4-14(10)17)19-8-11(6-15(19)21)16(22)18-7-13(20)9-23-2/h3-5,11,13,20H,6-9H2,1-2H3,(H,18,22)/t11-,13-/m1/s1. The molecule has 0 bridgehead atoms. The molecule has 126 valence electrons. The van der Waals surface area contributed by atoms with Crippen LogP contribution < -0.4 is 10.2 Å². The first-order valence-corrected chi connectivity index (χ1v) is 8.23. The van der Waals surface area contributed by atoms with Crippen molar-refractivity contribution in [1.82, 2.24) is 5.32 Å². The van der Waals surface area contributed by atoms with Crippen LogP contribution in [0.3, 0.4) is 0 Å². The van der Waals surface area contributed by atoms with Gasteiger partial charge in [-0.2, -0.15) is 0 Å². The fourth-order valence-corrected chi connectivity index (χ4v) is 2.79. The maximum atomic E-state index is 12.2. The van der Waals surface area contributed by atoms with Crippen LogP contribution in [0.2, 0.25) is 0 Å². The van der Waals surface area contributed by atoms with Crippen molar-refractivity contribution in [2.24, 2.45) is 5.92 Å². The molecule has 0 aliphatic carbocycles. The Morgan fingerprint density at radius 2 is 2.30 bits per heavy atom. The Kier molecular flexibility index (Phi) is 6.15. The van der Waals surface area contributed by atoms with Crippen LogP contribution in [0.1, 0.15) is 12.0 Å². The van der Waals surface area contributed by atoms with Gasteiger partial charge < -0.3 is 20.1 Å². The lowest BCUT2D eigenvalue weighted by Gasteiger charge is -2.18. The third-order valence-corrected chi connectivity index (χ3v) is 4.71. The zero-order valence-corrected chi connectivity index (χ0v) is 14.8. The predicted octanol–water partition coefficient (Wildman–Crippen LogP) is 1.23. The zero-order chi connectivity index (χ0) is 17.0. The van der Waals surface area contributed by atoms with E-state index >= 15 is 0 Å². The Labute approximate surface area is 143 Å². The Balaban J connectivity index is 1.96. The third-order valence-electron chi connectivity index (χ3n) is 3.82. The number of anilines is 1. The van der Waals surface area contributed by atoms with Gasteiger partial charge in [0.25, 0.3) is 0 Å². The van der Waals surface area contributed by atoms with Crippen molar-refractivity contribution in [3.8, 4) is 0 Å². The number of amides is 2. The lowest BCUT2D eigenvalue weighted by atomic mass is 10.1. The molecular weight excluding hydrogens is 364 g/mol. The maximum absolute atomic E-state index is 12.2. The van der Waals surface area contributed by atoms with Crippen LogP contribution in [0.25, 0.3) is 0 Å². The Morgan fingerprint density at radius 1 is 1.57 bits per heavy atom. The van der Waals surface area contributed by atoms with Crippen LogP contribution in [-0.4, -0.2) is 49.8 Å². The molecule has 6 nitrogen and oxygen atoms in total. The smallest absolute Gasteiger partial charge is 0.227 e. The fraction of sp³-hybridized carbons (Fsp3) is 0.500. The Hall–Kier alpha value is -1.44. The van der Waals surface area contributed by atoms with Gasteiger partial charge in [0.15, 0.2) is 0 Å². The number of benzene rings is 1. The number of ether oxygens (including phenoxy) is 1. The first-order valence-electron chi connectivity index (χ1n) is 7.43. The van der Waals surface area contributed by atoms with Gasteiger partial charge >= 0.3 is 0 Å². The number of nitrogens with one attached hydrogen (secondary N) is 1. The van der Waals surface area contributed by atoms with Gasteiger partial charge in [-0.15, -0.1) is 0 Å². The van der Waals surface area contributed by atoms with Crippen LogP contribution in [-0.2, 0) is 14.3 Å². The molecule has 0 spiro atoms. The van der Waals surface area contributed by atoms with Crippen LogP contribution in [0.5, 0.6) is 0 Å². The summed E-state index contributed by atoms with van der Waals surface area (Å²) >= 11 is 3.43. The molecule has 0 unspecified atom stereocenters. The van der Waals surface area contributed by atoms with Gasteiger partial charge in [0.1, 0.15) is 0 Å². The number of nitrogens with zero attached hydrogens (tertiary/aromatic N) is 1. The van der Waals surface area contributed by atoms with Crippen molar-refractivity contribution in [1.29, 1.82) is 0 Å². The first-order chi connectivity index (χ1) is 10.9. The highest BCUT2D eigenvalue weighted by atomic mass is 79.9. The Morgan fingerprint density at radius 3 is 2.96 bits per heavy atom. The van der Waals surface area contributed by atoms with Crippen LogP contribution >= 0.6 is 15.9 Å². The largest absolute Gasteiger partial charge is 0.389 e. The van der Waals surface area contributed by atoms with Gasteiger partial charge in [-0.25, -0.2) is 0 Å². The lowest BCUT2D eigenvalue weighted by Crippen LogP contribution is -2.38.